The highest BCUT2D eigenvalue weighted by molar-refractivity contribution is 5.04. The predicted octanol–water partition coefficient (Wildman–Crippen LogP) is 3.76. The molecule has 0 amide bonds. The summed E-state index contributed by atoms with van der Waals surface area (Å²) in [6.45, 7) is 10.4. The quantitative estimate of drug-likeness (QED) is 0.829. The largest absolute Gasteiger partial charge is 0.472 e. The molecular formula is C18H32N2O. The van der Waals surface area contributed by atoms with Crippen LogP contribution in [0.25, 0.3) is 0 Å². The van der Waals surface area contributed by atoms with E-state index < -0.39 is 0 Å². The molecule has 1 aromatic rings. The first-order valence-electron chi connectivity index (χ1n) is 8.53. The van der Waals surface area contributed by atoms with Crippen LogP contribution in [-0.2, 0) is 6.54 Å². The molecule has 1 heterocycles. The summed E-state index contributed by atoms with van der Waals surface area (Å²) in [7, 11) is 2.23. The minimum Gasteiger partial charge on any atom is -0.472 e. The summed E-state index contributed by atoms with van der Waals surface area (Å²) in [5.41, 5.74) is 1.27. The Labute approximate surface area is 130 Å². The molecule has 4 unspecified atom stereocenters. The molecule has 2 rings (SSSR count). The van der Waals surface area contributed by atoms with Crippen LogP contribution in [-0.4, -0.2) is 31.1 Å². The average Bonchev–Trinajstić information content (AvgIpc) is 2.92. The van der Waals surface area contributed by atoms with E-state index in [-0.39, 0.29) is 0 Å². The molecule has 3 nitrogen and oxygen atoms in total. The smallest absolute Gasteiger partial charge is 0.0947 e. The Balaban J connectivity index is 1.92. The fourth-order valence-electron chi connectivity index (χ4n) is 3.90. The van der Waals surface area contributed by atoms with Crippen molar-refractivity contribution in [3.8, 4) is 0 Å². The first-order valence-corrected chi connectivity index (χ1v) is 8.53. The van der Waals surface area contributed by atoms with Gasteiger partial charge in [-0.25, -0.2) is 0 Å². The van der Waals surface area contributed by atoms with Crippen molar-refractivity contribution in [1.82, 2.24) is 10.2 Å². The minimum atomic E-state index is 0.676. The SMILES string of the molecule is CCCNC1CC(C)CC(C)C1CN(C)Cc1ccoc1. The highest BCUT2D eigenvalue weighted by Crippen LogP contribution is 2.34. The molecule has 1 saturated carbocycles. The van der Waals surface area contributed by atoms with Crippen LogP contribution in [0.4, 0.5) is 0 Å². The molecule has 21 heavy (non-hydrogen) atoms. The lowest BCUT2D eigenvalue weighted by molar-refractivity contribution is 0.109. The van der Waals surface area contributed by atoms with E-state index in [0.717, 1.165) is 30.8 Å². The summed E-state index contributed by atoms with van der Waals surface area (Å²) in [6.07, 6.45) is 7.54. The van der Waals surface area contributed by atoms with Gasteiger partial charge in [-0.3, -0.25) is 0 Å². The standard InChI is InChI=1S/C18H32N2O/c1-5-7-19-18-10-14(2)9-15(3)17(18)12-20(4)11-16-6-8-21-13-16/h6,8,13-15,17-19H,5,7,9-12H2,1-4H3. The maximum absolute atomic E-state index is 5.18. The van der Waals surface area contributed by atoms with E-state index in [4.69, 9.17) is 4.42 Å². The van der Waals surface area contributed by atoms with Gasteiger partial charge in [0.1, 0.15) is 0 Å². The van der Waals surface area contributed by atoms with Crippen LogP contribution in [0.2, 0.25) is 0 Å². The van der Waals surface area contributed by atoms with Gasteiger partial charge in [0.05, 0.1) is 12.5 Å². The molecule has 0 spiro atoms. The lowest BCUT2D eigenvalue weighted by atomic mass is 9.72. The van der Waals surface area contributed by atoms with Gasteiger partial charge in [-0.2, -0.15) is 0 Å². The zero-order valence-corrected chi connectivity index (χ0v) is 14.1. The van der Waals surface area contributed by atoms with Crippen molar-refractivity contribution in [2.75, 3.05) is 20.1 Å². The topological polar surface area (TPSA) is 28.4 Å². The van der Waals surface area contributed by atoms with Crippen LogP contribution in [0.5, 0.6) is 0 Å². The molecule has 0 saturated heterocycles. The Hall–Kier alpha value is -0.800. The number of nitrogens with zero attached hydrogens (tertiary/aromatic N) is 1. The summed E-state index contributed by atoms with van der Waals surface area (Å²) in [6, 6.07) is 2.74. The van der Waals surface area contributed by atoms with E-state index in [9.17, 15) is 0 Å². The summed E-state index contributed by atoms with van der Waals surface area (Å²) in [5.74, 6) is 2.41. The van der Waals surface area contributed by atoms with Gasteiger partial charge in [-0.15, -0.1) is 0 Å². The maximum atomic E-state index is 5.18. The highest BCUT2D eigenvalue weighted by atomic mass is 16.3. The molecule has 3 heteroatoms. The van der Waals surface area contributed by atoms with E-state index in [0.29, 0.717) is 6.04 Å². The van der Waals surface area contributed by atoms with Crippen molar-refractivity contribution in [3.63, 3.8) is 0 Å². The van der Waals surface area contributed by atoms with Crippen molar-refractivity contribution in [3.05, 3.63) is 24.2 Å². The van der Waals surface area contributed by atoms with E-state index in [2.05, 4.69) is 44.1 Å². The molecule has 0 radical (unpaired) electrons. The summed E-state index contributed by atoms with van der Waals surface area (Å²) < 4.78 is 5.18. The first kappa shape index (κ1) is 16.6. The Kier molecular flexibility index (Phi) is 6.31. The number of furan rings is 1. The zero-order valence-electron chi connectivity index (χ0n) is 14.1. The van der Waals surface area contributed by atoms with Gasteiger partial charge < -0.3 is 14.6 Å². The summed E-state index contributed by atoms with van der Waals surface area (Å²) in [4.78, 5) is 2.45. The van der Waals surface area contributed by atoms with Crippen molar-refractivity contribution < 1.29 is 4.42 Å². The Morgan fingerprint density at radius 2 is 2.14 bits per heavy atom. The first-order chi connectivity index (χ1) is 10.1. The Morgan fingerprint density at radius 3 is 2.81 bits per heavy atom. The zero-order chi connectivity index (χ0) is 15.2. The fourth-order valence-corrected chi connectivity index (χ4v) is 3.90. The molecular weight excluding hydrogens is 260 g/mol. The van der Waals surface area contributed by atoms with Gasteiger partial charge in [0.25, 0.3) is 0 Å². The monoisotopic (exact) mass is 292 g/mol. The Morgan fingerprint density at radius 1 is 1.33 bits per heavy atom. The van der Waals surface area contributed by atoms with Gasteiger partial charge in [0, 0.05) is 24.7 Å². The highest BCUT2D eigenvalue weighted by Gasteiger charge is 2.34. The average molecular weight is 292 g/mol. The second-order valence-electron chi connectivity index (χ2n) is 7.11. The number of hydrogen-bond acceptors (Lipinski definition) is 3. The molecule has 120 valence electrons. The lowest BCUT2D eigenvalue weighted by Gasteiger charge is -2.42. The molecule has 4 atom stereocenters. The van der Waals surface area contributed by atoms with Crippen LogP contribution >= 0.6 is 0 Å². The normalized spacial score (nSPS) is 30.0. The Bertz CT molecular complexity index is 390. The lowest BCUT2D eigenvalue weighted by Crippen LogP contribution is -2.48. The van der Waals surface area contributed by atoms with Crippen molar-refractivity contribution in [2.45, 2.75) is 52.6 Å². The van der Waals surface area contributed by atoms with Crippen LogP contribution < -0.4 is 5.32 Å². The molecule has 0 aromatic carbocycles. The molecule has 1 aromatic heterocycles. The second-order valence-corrected chi connectivity index (χ2v) is 7.11. The van der Waals surface area contributed by atoms with Gasteiger partial charge in [-0.1, -0.05) is 20.8 Å². The van der Waals surface area contributed by atoms with Crippen LogP contribution in [0.15, 0.2) is 23.0 Å². The second kappa shape index (κ2) is 8.00. The van der Waals surface area contributed by atoms with Crippen molar-refractivity contribution in [2.24, 2.45) is 17.8 Å². The molecule has 1 fully saturated rings. The third kappa shape index (κ3) is 4.86. The fraction of sp³-hybridized carbons (Fsp3) is 0.778. The molecule has 1 N–H and O–H groups in total. The van der Waals surface area contributed by atoms with Gasteiger partial charge in [0.2, 0.25) is 0 Å². The van der Waals surface area contributed by atoms with E-state index in [1.165, 1.54) is 31.4 Å². The van der Waals surface area contributed by atoms with Crippen molar-refractivity contribution >= 4 is 0 Å². The van der Waals surface area contributed by atoms with E-state index in [1.807, 2.05) is 6.26 Å². The number of hydrogen-bond donors (Lipinski definition) is 1. The van der Waals surface area contributed by atoms with Gasteiger partial charge >= 0.3 is 0 Å². The molecule has 1 aliphatic carbocycles. The third-order valence-electron chi connectivity index (χ3n) is 4.89. The summed E-state index contributed by atoms with van der Waals surface area (Å²) in [5, 5.41) is 3.80. The van der Waals surface area contributed by atoms with Crippen molar-refractivity contribution in [1.29, 1.82) is 0 Å². The van der Waals surface area contributed by atoms with Crippen LogP contribution in [0, 0.1) is 17.8 Å². The van der Waals surface area contributed by atoms with E-state index in [1.54, 1.807) is 6.26 Å². The van der Waals surface area contributed by atoms with Crippen LogP contribution in [0.1, 0.15) is 45.6 Å². The number of rotatable bonds is 7. The molecule has 0 bridgehead atoms. The number of nitrogens with one attached hydrogen (secondary N) is 1. The summed E-state index contributed by atoms with van der Waals surface area (Å²) >= 11 is 0. The maximum Gasteiger partial charge on any atom is 0.0947 e. The van der Waals surface area contributed by atoms with Gasteiger partial charge in [0.15, 0.2) is 0 Å². The van der Waals surface area contributed by atoms with Gasteiger partial charge in [-0.05, 0) is 56.7 Å². The van der Waals surface area contributed by atoms with E-state index >= 15 is 0 Å². The van der Waals surface area contributed by atoms with Crippen LogP contribution in [0.3, 0.4) is 0 Å². The molecule has 0 aliphatic heterocycles. The third-order valence-corrected chi connectivity index (χ3v) is 4.89. The minimum absolute atomic E-state index is 0.676. The predicted molar refractivity (Wildman–Crippen MR) is 88.2 cm³/mol. The molecule has 1 aliphatic rings.